The number of anilines is 1. The Bertz CT molecular complexity index is 1090. The normalized spacial score (nSPS) is 19.0. The van der Waals surface area contributed by atoms with Crippen molar-refractivity contribution in [2.24, 2.45) is 0 Å². The van der Waals surface area contributed by atoms with Crippen LogP contribution >= 0.6 is 11.6 Å². The van der Waals surface area contributed by atoms with Crippen LogP contribution in [0.4, 0.5) is 5.69 Å². The molecule has 0 bridgehead atoms. The highest BCUT2D eigenvalue weighted by molar-refractivity contribution is 6.30. The van der Waals surface area contributed by atoms with E-state index in [1.807, 2.05) is 31.2 Å². The summed E-state index contributed by atoms with van der Waals surface area (Å²) in [5.74, 6) is -0.453. The van der Waals surface area contributed by atoms with Gasteiger partial charge in [-0.1, -0.05) is 36.7 Å². The SMILES string of the molecule is CC1c2ccc3c(=O)n(CCO)ccc3c2NC(=O)C1c1ccc(Cl)cc1. The van der Waals surface area contributed by atoms with Crippen molar-refractivity contribution in [2.75, 3.05) is 11.9 Å². The molecule has 1 aromatic heterocycles. The van der Waals surface area contributed by atoms with Gasteiger partial charge in [0.15, 0.2) is 0 Å². The van der Waals surface area contributed by atoms with Gasteiger partial charge in [0.2, 0.25) is 5.91 Å². The smallest absolute Gasteiger partial charge is 0.258 e. The maximum absolute atomic E-state index is 12.9. The lowest BCUT2D eigenvalue weighted by Crippen LogP contribution is -2.31. The molecule has 2 unspecified atom stereocenters. The number of benzene rings is 2. The van der Waals surface area contributed by atoms with Crippen LogP contribution in [-0.4, -0.2) is 22.2 Å². The summed E-state index contributed by atoms with van der Waals surface area (Å²) in [5.41, 5.74) is 2.43. The first-order valence-corrected chi connectivity index (χ1v) is 9.22. The lowest BCUT2D eigenvalue weighted by atomic mass is 9.78. The van der Waals surface area contributed by atoms with E-state index in [9.17, 15) is 9.59 Å². The molecule has 2 atom stereocenters. The largest absolute Gasteiger partial charge is 0.395 e. The summed E-state index contributed by atoms with van der Waals surface area (Å²) in [7, 11) is 0. The quantitative estimate of drug-likeness (QED) is 0.728. The monoisotopic (exact) mass is 382 g/mol. The van der Waals surface area contributed by atoms with Crippen LogP contribution in [0.1, 0.15) is 29.9 Å². The second kappa shape index (κ2) is 6.83. The summed E-state index contributed by atoms with van der Waals surface area (Å²) in [6.07, 6.45) is 1.66. The molecule has 0 spiro atoms. The zero-order chi connectivity index (χ0) is 19.1. The van der Waals surface area contributed by atoms with Crippen molar-refractivity contribution in [3.05, 3.63) is 75.2 Å². The van der Waals surface area contributed by atoms with E-state index in [0.29, 0.717) is 16.1 Å². The molecule has 0 saturated carbocycles. The number of hydrogen-bond acceptors (Lipinski definition) is 3. The lowest BCUT2D eigenvalue weighted by molar-refractivity contribution is -0.118. The first-order chi connectivity index (χ1) is 13.0. The van der Waals surface area contributed by atoms with Gasteiger partial charge in [0.05, 0.1) is 18.2 Å². The standard InChI is InChI=1S/C21H19ClN2O3/c1-12-15-6-7-17-16(8-9-24(10-11-25)21(17)27)19(15)23-20(26)18(12)13-2-4-14(22)5-3-13/h2-9,12,18,25H,10-11H2,1H3,(H,23,26). The van der Waals surface area contributed by atoms with Crippen LogP contribution in [-0.2, 0) is 11.3 Å². The molecule has 2 aromatic carbocycles. The van der Waals surface area contributed by atoms with Crippen LogP contribution in [0.25, 0.3) is 10.8 Å². The van der Waals surface area contributed by atoms with Crippen molar-refractivity contribution in [1.29, 1.82) is 0 Å². The molecule has 138 valence electrons. The number of fused-ring (bicyclic) bond motifs is 3. The molecule has 0 fully saturated rings. The Labute approximate surface area is 161 Å². The van der Waals surface area contributed by atoms with Crippen LogP contribution in [0, 0.1) is 0 Å². The average molecular weight is 383 g/mol. The van der Waals surface area contributed by atoms with Crippen LogP contribution in [0.3, 0.4) is 0 Å². The second-order valence-electron chi connectivity index (χ2n) is 6.84. The maximum Gasteiger partial charge on any atom is 0.258 e. The molecule has 2 N–H and O–H groups in total. The van der Waals surface area contributed by atoms with Crippen molar-refractivity contribution >= 4 is 34.0 Å². The van der Waals surface area contributed by atoms with Gasteiger partial charge in [-0.15, -0.1) is 0 Å². The van der Waals surface area contributed by atoms with E-state index in [0.717, 1.165) is 16.5 Å². The fraction of sp³-hybridized carbons (Fsp3) is 0.238. The first-order valence-electron chi connectivity index (χ1n) is 8.84. The summed E-state index contributed by atoms with van der Waals surface area (Å²) in [5, 5.41) is 14.0. The molecular formula is C21H19ClN2O3. The molecule has 1 amide bonds. The van der Waals surface area contributed by atoms with Crippen LogP contribution in [0.2, 0.25) is 5.02 Å². The molecular weight excluding hydrogens is 364 g/mol. The van der Waals surface area contributed by atoms with E-state index in [1.54, 1.807) is 24.4 Å². The molecule has 5 nitrogen and oxygen atoms in total. The molecule has 0 radical (unpaired) electrons. The third-order valence-electron chi connectivity index (χ3n) is 5.28. The van der Waals surface area contributed by atoms with Gasteiger partial charge >= 0.3 is 0 Å². The summed E-state index contributed by atoms with van der Waals surface area (Å²) >= 11 is 5.97. The minimum Gasteiger partial charge on any atom is -0.395 e. The molecule has 0 saturated heterocycles. The highest BCUT2D eigenvalue weighted by Gasteiger charge is 2.35. The van der Waals surface area contributed by atoms with Crippen molar-refractivity contribution in [1.82, 2.24) is 4.57 Å². The van der Waals surface area contributed by atoms with E-state index in [1.165, 1.54) is 4.57 Å². The number of pyridine rings is 1. The fourth-order valence-electron chi connectivity index (χ4n) is 3.90. The van der Waals surface area contributed by atoms with Crippen molar-refractivity contribution in [3.8, 4) is 0 Å². The molecule has 6 heteroatoms. The Balaban J connectivity index is 1.84. The number of rotatable bonds is 3. The summed E-state index contributed by atoms with van der Waals surface area (Å²) < 4.78 is 1.47. The van der Waals surface area contributed by atoms with Gasteiger partial charge in [0.1, 0.15) is 0 Å². The lowest BCUT2D eigenvalue weighted by Gasteiger charge is -2.32. The van der Waals surface area contributed by atoms with E-state index in [2.05, 4.69) is 5.32 Å². The Morgan fingerprint density at radius 1 is 1.07 bits per heavy atom. The third-order valence-corrected chi connectivity index (χ3v) is 5.53. The summed E-state index contributed by atoms with van der Waals surface area (Å²) in [6, 6.07) is 12.9. The predicted molar refractivity (Wildman–Crippen MR) is 107 cm³/mol. The maximum atomic E-state index is 12.9. The Morgan fingerprint density at radius 2 is 1.81 bits per heavy atom. The molecule has 0 aliphatic carbocycles. The first kappa shape index (κ1) is 17.8. The van der Waals surface area contributed by atoms with Crippen molar-refractivity contribution in [3.63, 3.8) is 0 Å². The van der Waals surface area contributed by atoms with Gasteiger partial charge in [-0.3, -0.25) is 9.59 Å². The number of aliphatic hydroxyl groups is 1. The number of carbonyl (C=O) groups excluding carboxylic acids is 1. The summed E-state index contributed by atoms with van der Waals surface area (Å²) in [6.45, 7) is 2.16. The highest BCUT2D eigenvalue weighted by atomic mass is 35.5. The number of carbonyl (C=O) groups is 1. The molecule has 1 aliphatic rings. The number of nitrogens with zero attached hydrogens (tertiary/aromatic N) is 1. The molecule has 3 aromatic rings. The minimum atomic E-state index is -0.318. The molecule has 1 aliphatic heterocycles. The van der Waals surface area contributed by atoms with Gasteiger partial charge < -0.3 is 15.0 Å². The topological polar surface area (TPSA) is 71.3 Å². The molecule has 2 heterocycles. The number of aliphatic hydroxyl groups excluding tert-OH is 1. The van der Waals surface area contributed by atoms with Gasteiger partial charge in [0.25, 0.3) is 5.56 Å². The van der Waals surface area contributed by atoms with Gasteiger partial charge in [-0.2, -0.15) is 0 Å². The number of amides is 1. The highest BCUT2D eigenvalue weighted by Crippen LogP contribution is 2.43. The second-order valence-corrected chi connectivity index (χ2v) is 7.27. The number of nitrogens with one attached hydrogen (secondary N) is 1. The van der Waals surface area contributed by atoms with Gasteiger partial charge in [0, 0.05) is 28.5 Å². The van der Waals surface area contributed by atoms with Gasteiger partial charge in [-0.25, -0.2) is 0 Å². The van der Waals surface area contributed by atoms with E-state index in [-0.39, 0.29) is 36.5 Å². The number of aromatic nitrogens is 1. The van der Waals surface area contributed by atoms with Crippen molar-refractivity contribution < 1.29 is 9.90 Å². The molecule has 4 rings (SSSR count). The van der Waals surface area contributed by atoms with E-state index in [4.69, 9.17) is 16.7 Å². The van der Waals surface area contributed by atoms with Crippen LogP contribution in [0.15, 0.2) is 53.5 Å². The van der Waals surface area contributed by atoms with Crippen LogP contribution in [0.5, 0.6) is 0 Å². The fourth-order valence-corrected chi connectivity index (χ4v) is 4.03. The molecule has 27 heavy (non-hydrogen) atoms. The number of hydrogen-bond donors (Lipinski definition) is 2. The Hall–Kier alpha value is -2.63. The predicted octanol–water partition coefficient (Wildman–Crippen LogP) is 3.49. The number of halogens is 1. The summed E-state index contributed by atoms with van der Waals surface area (Å²) in [4.78, 5) is 25.5. The zero-order valence-corrected chi connectivity index (χ0v) is 15.5. The van der Waals surface area contributed by atoms with E-state index < -0.39 is 0 Å². The Morgan fingerprint density at radius 3 is 2.52 bits per heavy atom. The minimum absolute atomic E-state index is 0.0424. The Kier molecular flexibility index (Phi) is 4.50. The third kappa shape index (κ3) is 2.93. The average Bonchev–Trinajstić information content (AvgIpc) is 2.65. The van der Waals surface area contributed by atoms with Crippen molar-refractivity contribution in [2.45, 2.75) is 25.3 Å². The zero-order valence-electron chi connectivity index (χ0n) is 14.8. The van der Waals surface area contributed by atoms with Gasteiger partial charge in [-0.05, 0) is 41.3 Å². The van der Waals surface area contributed by atoms with Crippen LogP contribution < -0.4 is 10.9 Å². The van der Waals surface area contributed by atoms with E-state index >= 15 is 0 Å².